The molecule has 0 radical (unpaired) electrons. The van der Waals surface area contributed by atoms with E-state index in [2.05, 4.69) is 5.10 Å². The molecule has 74 valence electrons. The summed E-state index contributed by atoms with van der Waals surface area (Å²) in [5, 5.41) is 12.4. The molecule has 0 saturated carbocycles. The number of nitrogen functional groups attached to an aromatic ring is 1. The third-order valence-corrected chi connectivity index (χ3v) is 1.93. The van der Waals surface area contributed by atoms with Gasteiger partial charge >= 0.3 is 0 Å². The minimum absolute atomic E-state index is 0.269. The highest BCUT2D eigenvalue weighted by Gasteiger charge is 2.06. The lowest BCUT2D eigenvalue weighted by molar-refractivity contribution is 0.610. The van der Waals surface area contributed by atoms with Crippen molar-refractivity contribution in [3.8, 4) is 11.8 Å². The number of aromatic nitrogens is 2. The van der Waals surface area contributed by atoms with E-state index in [1.54, 1.807) is 0 Å². The van der Waals surface area contributed by atoms with Gasteiger partial charge in [-0.05, 0) is 18.2 Å². The number of nitrogens with two attached hydrogens (primary N) is 1. The zero-order valence-corrected chi connectivity index (χ0v) is 7.68. The molecule has 5 heteroatoms. The number of hydrogen-bond acceptors (Lipinski definition) is 3. The van der Waals surface area contributed by atoms with Crippen molar-refractivity contribution in [3.63, 3.8) is 0 Å². The molecule has 2 aromatic rings. The van der Waals surface area contributed by atoms with Crippen LogP contribution in [0.1, 0.15) is 5.56 Å². The first-order valence-electron chi connectivity index (χ1n) is 4.21. The highest BCUT2D eigenvalue weighted by molar-refractivity contribution is 5.42. The van der Waals surface area contributed by atoms with Gasteiger partial charge in [-0.25, -0.2) is 9.07 Å². The van der Waals surface area contributed by atoms with Crippen LogP contribution in [0.25, 0.3) is 5.69 Å². The molecule has 15 heavy (non-hydrogen) atoms. The molecule has 0 saturated heterocycles. The minimum atomic E-state index is -0.503. The molecular formula is C10H7FN4. The molecule has 0 spiro atoms. The van der Waals surface area contributed by atoms with Gasteiger partial charge in [0.1, 0.15) is 11.5 Å². The second-order valence-corrected chi connectivity index (χ2v) is 3.00. The number of nitrogens with zero attached hydrogens (tertiary/aromatic N) is 3. The summed E-state index contributed by atoms with van der Waals surface area (Å²) in [5.41, 5.74) is 6.46. The van der Waals surface area contributed by atoms with Gasteiger partial charge in [0.05, 0.1) is 29.7 Å². The average molecular weight is 202 g/mol. The van der Waals surface area contributed by atoms with Crippen LogP contribution in [-0.2, 0) is 0 Å². The van der Waals surface area contributed by atoms with Gasteiger partial charge in [0.15, 0.2) is 0 Å². The molecule has 4 nitrogen and oxygen atoms in total. The van der Waals surface area contributed by atoms with Crippen molar-refractivity contribution >= 4 is 5.69 Å². The lowest BCUT2D eigenvalue weighted by Gasteiger charge is -2.02. The molecule has 0 aliphatic rings. The van der Waals surface area contributed by atoms with Gasteiger partial charge in [0, 0.05) is 0 Å². The molecule has 2 N–H and O–H groups in total. The van der Waals surface area contributed by atoms with Crippen molar-refractivity contribution in [2.45, 2.75) is 0 Å². The molecule has 0 unspecified atom stereocenters. The van der Waals surface area contributed by atoms with Crippen LogP contribution in [0.2, 0.25) is 0 Å². The summed E-state index contributed by atoms with van der Waals surface area (Å²) in [6.45, 7) is 0. The molecule has 1 aromatic heterocycles. The third-order valence-electron chi connectivity index (χ3n) is 1.93. The number of nitriles is 1. The second-order valence-electron chi connectivity index (χ2n) is 3.00. The SMILES string of the molecule is N#Cc1ccc(-n2cc(N)cn2)c(F)c1. The van der Waals surface area contributed by atoms with Gasteiger partial charge < -0.3 is 5.73 Å². The van der Waals surface area contributed by atoms with Gasteiger partial charge in [0.2, 0.25) is 0 Å². The maximum absolute atomic E-state index is 13.5. The fraction of sp³-hybridized carbons (Fsp3) is 0. The maximum Gasteiger partial charge on any atom is 0.150 e. The summed E-state index contributed by atoms with van der Waals surface area (Å²) < 4.78 is 14.8. The van der Waals surface area contributed by atoms with Gasteiger partial charge in [-0.1, -0.05) is 0 Å². The Morgan fingerprint density at radius 2 is 2.27 bits per heavy atom. The van der Waals surface area contributed by atoms with Crippen LogP contribution in [-0.4, -0.2) is 9.78 Å². The van der Waals surface area contributed by atoms with Crippen molar-refractivity contribution in [1.29, 1.82) is 5.26 Å². The molecule has 0 fully saturated rings. The molecule has 1 heterocycles. The summed E-state index contributed by atoms with van der Waals surface area (Å²) in [7, 11) is 0. The lowest BCUT2D eigenvalue weighted by Crippen LogP contribution is -1.98. The molecule has 2 rings (SSSR count). The fourth-order valence-corrected chi connectivity index (χ4v) is 1.23. The van der Waals surface area contributed by atoms with Gasteiger partial charge in [-0.3, -0.25) is 0 Å². The van der Waals surface area contributed by atoms with E-state index in [0.29, 0.717) is 5.69 Å². The summed E-state index contributed by atoms with van der Waals surface area (Å²) in [6.07, 6.45) is 2.93. The number of anilines is 1. The summed E-state index contributed by atoms with van der Waals surface area (Å²) >= 11 is 0. The Morgan fingerprint density at radius 3 is 2.80 bits per heavy atom. The molecule has 0 amide bonds. The topological polar surface area (TPSA) is 67.6 Å². The van der Waals surface area contributed by atoms with Crippen LogP contribution < -0.4 is 5.73 Å². The Labute approximate surface area is 85.4 Å². The van der Waals surface area contributed by atoms with E-state index >= 15 is 0 Å². The van der Waals surface area contributed by atoms with Crippen LogP contribution in [0.15, 0.2) is 30.6 Å². The van der Waals surface area contributed by atoms with Crippen molar-refractivity contribution in [1.82, 2.24) is 9.78 Å². The number of rotatable bonds is 1. The standard InChI is InChI=1S/C10H7FN4/c11-9-3-7(4-12)1-2-10(9)15-6-8(13)5-14-15/h1-3,5-6H,13H2. The molecule has 0 aliphatic carbocycles. The smallest absolute Gasteiger partial charge is 0.150 e. The average Bonchev–Trinajstić information content (AvgIpc) is 2.64. The minimum Gasteiger partial charge on any atom is -0.396 e. The van der Waals surface area contributed by atoms with E-state index in [1.165, 1.54) is 29.2 Å². The van der Waals surface area contributed by atoms with Crippen molar-refractivity contribution < 1.29 is 4.39 Å². The van der Waals surface area contributed by atoms with E-state index in [4.69, 9.17) is 11.0 Å². The number of benzene rings is 1. The Kier molecular flexibility index (Phi) is 2.10. The van der Waals surface area contributed by atoms with Crippen LogP contribution >= 0.6 is 0 Å². The molecule has 0 bridgehead atoms. The largest absolute Gasteiger partial charge is 0.396 e. The first-order chi connectivity index (χ1) is 7.20. The van der Waals surface area contributed by atoms with Crippen LogP contribution in [0.3, 0.4) is 0 Å². The van der Waals surface area contributed by atoms with Crippen LogP contribution in [0, 0.1) is 17.1 Å². The third kappa shape index (κ3) is 1.65. The van der Waals surface area contributed by atoms with Gasteiger partial charge in [-0.2, -0.15) is 10.4 Å². The Balaban J connectivity index is 2.51. The zero-order chi connectivity index (χ0) is 10.8. The van der Waals surface area contributed by atoms with E-state index < -0.39 is 5.82 Å². The van der Waals surface area contributed by atoms with Gasteiger partial charge in [0.25, 0.3) is 0 Å². The maximum atomic E-state index is 13.5. The van der Waals surface area contributed by atoms with E-state index in [0.717, 1.165) is 6.07 Å². The highest BCUT2D eigenvalue weighted by atomic mass is 19.1. The van der Waals surface area contributed by atoms with Crippen molar-refractivity contribution in [3.05, 3.63) is 42.0 Å². The quantitative estimate of drug-likeness (QED) is 0.761. The summed E-state index contributed by atoms with van der Waals surface area (Å²) in [4.78, 5) is 0. The van der Waals surface area contributed by atoms with Crippen molar-refractivity contribution in [2.75, 3.05) is 5.73 Å². The molecule has 0 aliphatic heterocycles. The first kappa shape index (κ1) is 9.21. The Bertz CT molecular complexity index is 539. The predicted octanol–water partition coefficient (Wildman–Crippen LogP) is 1.47. The Morgan fingerprint density at radius 1 is 1.47 bits per heavy atom. The first-order valence-corrected chi connectivity index (χ1v) is 4.21. The normalized spacial score (nSPS) is 9.87. The lowest BCUT2D eigenvalue weighted by atomic mass is 10.2. The number of halogens is 1. The second kappa shape index (κ2) is 3.42. The van der Waals surface area contributed by atoms with E-state index in [-0.39, 0.29) is 11.3 Å². The van der Waals surface area contributed by atoms with E-state index in [1.807, 2.05) is 6.07 Å². The summed E-state index contributed by atoms with van der Waals surface area (Å²) in [5.74, 6) is -0.503. The summed E-state index contributed by atoms with van der Waals surface area (Å²) in [6, 6.07) is 6.03. The monoisotopic (exact) mass is 202 g/mol. The highest BCUT2D eigenvalue weighted by Crippen LogP contribution is 2.15. The number of hydrogen-bond donors (Lipinski definition) is 1. The van der Waals surface area contributed by atoms with E-state index in [9.17, 15) is 4.39 Å². The van der Waals surface area contributed by atoms with Gasteiger partial charge in [-0.15, -0.1) is 0 Å². The van der Waals surface area contributed by atoms with Crippen LogP contribution in [0.4, 0.5) is 10.1 Å². The fourth-order valence-electron chi connectivity index (χ4n) is 1.23. The Hall–Kier alpha value is -2.35. The zero-order valence-electron chi connectivity index (χ0n) is 7.68. The molecule has 1 aromatic carbocycles. The predicted molar refractivity (Wildman–Crippen MR) is 52.6 cm³/mol. The van der Waals surface area contributed by atoms with Crippen molar-refractivity contribution in [2.24, 2.45) is 0 Å². The molecular weight excluding hydrogens is 195 g/mol. The van der Waals surface area contributed by atoms with Crippen LogP contribution in [0.5, 0.6) is 0 Å². The molecule has 0 atom stereocenters.